The van der Waals surface area contributed by atoms with Crippen LogP contribution in [0.2, 0.25) is 13.3 Å². The van der Waals surface area contributed by atoms with Crippen molar-refractivity contribution in [3.63, 3.8) is 0 Å². The average molecular weight is 385 g/mol. The van der Waals surface area contributed by atoms with Crippen LogP contribution in [0.4, 0.5) is 0 Å². The van der Waals surface area contributed by atoms with Crippen molar-refractivity contribution in [3.05, 3.63) is 36.5 Å². The van der Waals surface area contributed by atoms with Crippen LogP contribution in [0.25, 0.3) is 0 Å². The maximum atomic E-state index is 12.4. The first-order chi connectivity index (χ1) is 8.88. The van der Waals surface area contributed by atoms with Crippen LogP contribution < -0.4 is 0 Å². The molecule has 0 aromatic rings. The quantitative estimate of drug-likeness (QED) is 0.442. The SMILES string of the molecule is C=C(C)[CH2][Sn]([CH2]C(=C)C)([CH2]C(=C)C)[O]C(=O)C(C)(C)C. The van der Waals surface area contributed by atoms with E-state index in [4.69, 9.17) is 3.07 Å². The van der Waals surface area contributed by atoms with Crippen molar-refractivity contribution in [2.45, 2.75) is 54.9 Å². The maximum absolute atomic E-state index is 12.4. The fourth-order valence-corrected chi connectivity index (χ4v) is 15.4. The van der Waals surface area contributed by atoms with E-state index in [2.05, 4.69) is 19.7 Å². The van der Waals surface area contributed by atoms with Crippen LogP contribution in [0.1, 0.15) is 41.5 Å². The number of carbonyl (C=O) groups excluding carboxylic acids is 1. The summed E-state index contributed by atoms with van der Waals surface area (Å²) in [6.07, 6.45) is 0. The summed E-state index contributed by atoms with van der Waals surface area (Å²) in [7, 11) is 0. The standard InChI is InChI=1S/C5H10O2.3C4H7.Sn/c1-5(2,3)4(6)7;3*1-4(2)3;/h1-3H3,(H,6,7);3*1-2H2,3H3;/q;;;;+1/p-1. The average Bonchev–Trinajstić information content (AvgIpc) is 2.10. The van der Waals surface area contributed by atoms with Crippen LogP contribution >= 0.6 is 0 Å². The molecule has 0 heterocycles. The third-order valence-electron chi connectivity index (χ3n) is 2.79. The summed E-state index contributed by atoms with van der Waals surface area (Å²) >= 11 is -3.18. The normalized spacial score (nSPS) is 11.9. The summed E-state index contributed by atoms with van der Waals surface area (Å²) in [6, 6.07) is 0. The Kier molecular flexibility index (Phi) is 7.29. The molecular weight excluding hydrogens is 355 g/mol. The Hall–Kier alpha value is -0.511. The summed E-state index contributed by atoms with van der Waals surface area (Å²) in [5.41, 5.74) is 2.79. The van der Waals surface area contributed by atoms with Crippen LogP contribution in [0, 0.1) is 5.41 Å². The topological polar surface area (TPSA) is 26.3 Å². The minimum atomic E-state index is -3.18. The number of rotatable bonds is 7. The first kappa shape index (κ1) is 19.5. The molecule has 0 fully saturated rings. The monoisotopic (exact) mass is 386 g/mol. The van der Waals surface area contributed by atoms with Gasteiger partial charge in [0.05, 0.1) is 0 Å². The first-order valence-electron chi connectivity index (χ1n) is 7.04. The predicted octanol–water partition coefficient (Wildman–Crippen LogP) is 5.25. The minimum absolute atomic E-state index is 0.1000. The van der Waals surface area contributed by atoms with E-state index in [0.29, 0.717) is 0 Å². The third-order valence-corrected chi connectivity index (χ3v) is 15.2. The Labute approximate surface area is 129 Å². The molecule has 20 heavy (non-hydrogen) atoms. The summed E-state index contributed by atoms with van der Waals surface area (Å²) in [6.45, 7) is 23.8. The molecule has 0 spiro atoms. The number of carbonyl (C=O) groups is 1. The second kappa shape index (κ2) is 7.48. The fourth-order valence-electron chi connectivity index (χ4n) is 2.30. The Bertz CT molecular complexity index is 372. The van der Waals surface area contributed by atoms with Crippen molar-refractivity contribution in [2.75, 3.05) is 0 Å². The zero-order valence-corrected chi connectivity index (χ0v) is 16.9. The zero-order chi connectivity index (χ0) is 16.1. The van der Waals surface area contributed by atoms with Gasteiger partial charge in [0.2, 0.25) is 0 Å². The summed E-state index contributed by atoms with van der Waals surface area (Å²) < 4.78 is 8.65. The molecule has 114 valence electrons. The van der Waals surface area contributed by atoms with Crippen LogP contribution in [0.5, 0.6) is 0 Å². The second-order valence-electron chi connectivity index (χ2n) is 7.22. The molecule has 2 nitrogen and oxygen atoms in total. The van der Waals surface area contributed by atoms with Gasteiger partial charge in [0.25, 0.3) is 0 Å². The molecule has 0 atom stereocenters. The van der Waals surface area contributed by atoms with Gasteiger partial charge in [-0.25, -0.2) is 0 Å². The molecular formula is C17H30O2Sn. The predicted molar refractivity (Wildman–Crippen MR) is 90.2 cm³/mol. The molecule has 0 amide bonds. The van der Waals surface area contributed by atoms with Gasteiger partial charge in [-0.2, -0.15) is 0 Å². The molecule has 0 N–H and O–H groups in total. The van der Waals surface area contributed by atoms with Crippen molar-refractivity contribution in [2.24, 2.45) is 5.41 Å². The van der Waals surface area contributed by atoms with Crippen LogP contribution in [0.3, 0.4) is 0 Å². The molecule has 0 aromatic heterocycles. The van der Waals surface area contributed by atoms with E-state index in [1.807, 2.05) is 41.5 Å². The molecule has 0 saturated heterocycles. The zero-order valence-electron chi connectivity index (χ0n) is 14.1. The molecule has 0 radical (unpaired) electrons. The first-order valence-corrected chi connectivity index (χ1v) is 14.3. The van der Waals surface area contributed by atoms with Crippen molar-refractivity contribution < 1.29 is 7.87 Å². The molecule has 3 heteroatoms. The van der Waals surface area contributed by atoms with Gasteiger partial charge in [0, 0.05) is 0 Å². The molecule has 0 aliphatic rings. The Morgan fingerprint density at radius 1 is 0.900 bits per heavy atom. The van der Waals surface area contributed by atoms with Crippen molar-refractivity contribution in [1.29, 1.82) is 0 Å². The van der Waals surface area contributed by atoms with Crippen LogP contribution in [-0.2, 0) is 7.87 Å². The van der Waals surface area contributed by atoms with E-state index in [1.54, 1.807) is 0 Å². The van der Waals surface area contributed by atoms with E-state index < -0.39 is 24.2 Å². The second-order valence-corrected chi connectivity index (χ2v) is 17.6. The van der Waals surface area contributed by atoms with Gasteiger partial charge in [-0.15, -0.1) is 0 Å². The summed E-state index contributed by atoms with van der Waals surface area (Å²) in [4.78, 5) is 12.4. The van der Waals surface area contributed by atoms with Crippen molar-refractivity contribution >= 4 is 24.8 Å². The summed E-state index contributed by atoms with van der Waals surface area (Å²) in [5, 5.41) is 0. The van der Waals surface area contributed by atoms with Crippen molar-refractivity contribution in [1.82, 2.24) is 0 Å². The molecule has 0 saturated carbocycles. The van der Waals surface area contributed by atoms with E-state index in [0.717, 1.165) is 30.0 Å². The van der Waals surface area contributed by atoms with Gasteiger partial charge >= 0.3 is 129 Å². The molecule has 0 aromatic carbocycles. The number of hydrogen-bond donors (Lipinski definition) is 0. The van der Waals surface area contributed by atoms with Gasteiger partial charge in [-0.1, -0.05) is 0 Å². The molecule has 0 rings (SSSR count). The van der Waals surface area contributed by atoms with Gasteiger partial charge < -0.3 is 0 Å². The Morgan fingerprint density at radius 3 is 1.40 bits per heavy atom. The summed E-state index contributed by atoms with van der Waals surface area (Å²) in [5.74, 6) is -0.1000. The van der Waals surface area contributed by atoms with Gasteiger partial charge in [-0.3, -0.25) is 0 Å². The molecule has 0 aliphatic heterocycles. The van der Waals surface area contributed by atoms with Gasteiger partial charge in [0.15, 0.2) is 0 Å². The Morgan fingerprint density at radius 2 is 1.20 bits per heavy atom. The molecule has 0 unspecified atom stereocenters. The van der Waals surface area contributed by atoms with Crippen LogP contribution in [0.15, 0.2) is 36.5 Å². The molecule has 0 bridgehead atoms. The van der Waals surface area contributed by atoms with E-state index in [1.165, 1.54) is 0 Å². The van der Waals surface area contributed by atoms with E-state index in [9.17, 15) is 4.79 Å². The van der Waals surface area contributed by atoms with E-state index >= 15 is 0 Å². The third kappa shape index (κ3) is 7.32. The Balaban J connectivity index is 5.46. The van der Waals surface area contributed by atoms with Crippen LogP contribution in [-0.4, -0.2) is 24.8 Å². The number of allylic oxidation sites excluding steroid dienone is 3. The van der Waals surface area contributed by atoms with Gasteiger partial charge in [0.1, 0.15) is 0 Å². The van der Waals surface area contributed by atoms with Crippen molar-refractivity contribution in [3.8, 4) is 0 Å². The molecule has 0 aliphatic carbocycles. The van der Waals surface area contributed by atoms with Gasteiger partial charge in [-0.05, 0) is 0 Å². The fraction of sp³-hybridized carbons (Fsp3) is 0.588. The van der Waals surface area contributed by atoms with E-state index in [-0.39, 0.29) is 5.97 Å². The number of hydrogen-bond acceptors (Lipinski definition) is 2.